The van der Waals surface area contributed by atoms with Crippen molar-refractivity contribution in [2.45, 2.75) is 19.4 Å². The number of rotatable bonds is 4. The second kappa shape index (κ2) is 5.20. The van der Waals surface area contributed by atoms with Gasteiger partial charge in [-0.3, -0.25) is 4.98 Å². The fraction of sp³-hybridized carbons (Fsp3) is 0.364. The Morgan fingerprint density at radius 3 is 2.82 bits per heavy atom. The van der Waals surface area contributed by atoms with Crippen LogP contribution in [0.2, 0.25) is 0 Å². The number of aromatic nitrogens is 3. The summed E-state index contributed by atoms with van der Waals surface area (Å²) in [6.07, 6.45) is 2.73. The average molecular weight is 251 g/mol. The molecule has 0 aromatic carbocycles. The maximum atomic E-state index is 10.1. The predicted molar refractivity (Wildman–Crippen MR) is 64.1 cm³/mol. The lowest BCUT2D eigenvalue weighted by Gasteiger charge is -2.10. The maximum Gasteiger partial charge on any atom is 0.238 e. The summed E-state index contributed by atoms with van der Waals surface area (Å²) >= 11 is 1.56. The molecular weight excluding hydrogens is 238 g/mol. The Bertz CT molecular complexity index is 501. The average Bonchev–Trinajstić information content (AvgIpc) is 2.74. The zero-order chi connectivity index (χ0) is 12.3. The van der Waals surface area contributed by atoms with Crippen LogP contribution in [0.5, 0.6) is 5.88 Å². The van der Waals surface area contributed by atoms with Gasteiger partial charge in [0.05, 0.1) is 17.8 Å². The number of aliphatic hydroxyl groups excluding tert-OH is 1. The Morgan fingerprint density at radius 1 is 1.41 bits per heavy atom. The summed E-state index contributed by atoms with van der Waals surface area (Å²) < 4.78 is 5.06. The molecule has 2 aromatic rings. The van der Waals surface area contributed by atoms with Gasteiger partial charge in [0.15, 0.2) is 0 Å². The van der Waals surface area contributed by atoms with E-state index >= 15 is 0 Å². The highest BCUT2D eigenvalue weighted by molar-refractivity contribution is 7.09. The fourth-order valence-corrected chi connectivity index (χ4v) is 2.14. The van der Waals surface area contributed by atoms with Gasteiger partial charge < -0.3 is 9.84 Å². The van der Waals surface area contributed by atoms with Crippen molar-refractivity contribution >= 4 is 11.3 Å². The molecule has 2 heterocycles. The van der Waals surface area contributed by atoms with Crippen LogP contribution >= 0.6 is 11.3 Å². The molecule has 90 valence electrons. The van der Waals surface area contributed by atoms with Crippen molar-refractivity contribution in [1.82, 2.24) is 15.0 Å². The molecule has 0 saturated heterocycles. The summed E-state index contributed by atoms with van der Waals surface area (Å²) in [5.74, 6) is 0.354. The Hall–Kier alpha value is -1.53. The van der Waals surface area contributed by atoms with Crippen molar-refractivity contribution in [2.24, 2.45) is 0 Å². The molecular formula is C11H13N3O2S. The summed E-state index contributed by atoms with van der Waals surface area (Å²) in [7, 11) is 1.51. The Morgan fingerprint density at radius 2 is 2.18 bits per heavy atom. The van der Waals surface area contributed by atoms with E-state index in [2.05, 4.69) is 15.0 Å². The summed E-state index contributed by atoms with van der Waals surface area (Å²) in [4.78, 5) is 12.4. The summed E-state index contributed by atoms with van der Waals surface area (Å²) in [5.41, 5.74) is 1.30. The molecule has 0 amide bonds. The normalized spacial score (nSPS) is 12.4. The standard InChI is InChI=1S/C11H13N3O2S/c1-7-14-8(6-17-7)5-9(15)10-11(16-2)13-4-3-12-10/h3-4,6,9,15H,5H2,1-2H3. The van der Waals surface area contributed by atoms with Crippen molar-refractivity contribution in [3.63, 3.8) is 0 Å². The monoisotopic (exact) mass is 251 g/mol. The molecule has 0 aliphatic rings. The molecule has 1 unspecified atom stereocenters. The van der Waals surface area contributed by atoms with E-state index in [1.54, 1.807) is 11.3 Å². The minimum atomic E-state index is -0.750. The van der Waals surface area contributed by atoms with Crippen LogP contribution in [-0.2, 0) is 6.42 Å². The van der Waals surface area contributed by atoms with Crippen LogP contribution in [0.15, 0.2) is 17.8 Å². The molecule has 2 aromatic heterocycles. The number of methoxy groups -OCH3 is 1. The molecule has 6 heteroatoms. The molecule has 1 N–H and O–H groups in total. The fourth-order valence-electron chi connectivity index (χ4n) is 1.52. The van der Waals surface area contributed by atoms with Gasteiger partial charge in [-0.1, -0.05) is 0 Å². The second-order valence-electron chi connectivity index (χ2n) is 3.53. The van der Waals surface area contributed by atoms with Gasteiger partial charge in [0.25, 0.3) is 0 Å². The first-order chi connectivity index (χ1) is 8.20. The van der Waals surface area contributed by atoms with Gasteiger partial charge in [-0.15, -0.1) is 11.3 Å². The van der Waals surface area contributed by atoms with Gasteiger partial charge in [0, 0.05) is 24.2 Å². The number of hydrogen-bond acceptors (Lipinski definition) is 6. The van der Waals surface area contributed by atoms with Crippen LogP contribution < -0.4 is 4.74 Å². The van der Waals surface area contributed by atoms with Gasteiger partial charge >= 0.3 is 0 Å². The zero-order valence-electron chi connectivity index (χ0n) is 9.62. The van der Waals surface area contributed by atoms with E-state index in [9.17, 15) is 5.11 Å². The van der Waals surface area contributed by atoms with E-state index in [0.717, 1.165) is 10.7 Å². The highest BCUT2D eigenvalue weighted by Crippen LogP contribution is 2.23. The number of aliphatic hydroxyl groups is 1. The SMILES string of the molecule is COc1nccnc1C(O)Cc1csc(C)n1. The summed E-state index contributed by atoms with van der Waals surface area (Å²) in [6, 6.07) is 0. The Kier molecular flexibility index (Phi) is 3.65. The molecule has 0 saturated carbocycles. The number of aryl methyl sites for hydroxylation is 1. The van der Waals surface area contributed by atoms with Gasteiger partial charge in [0.1, 0.15) is 11.8 Å². The lowest BCUT2D eigenvalue weighted by molar-refractivity contribution is 0.166. The minimum Gasteiger partial charge on any atom is -0.480 e. The van der Waals surface area contributed by atoms with Gasteiger partial charge in [-0.2, -0.15) is 0 Å². The third kappa shape index (κ3) is 2.78. The van der Waals surface area contributed by atoms with E-state index in [1.807, 2.05) is 12.3 Å². The van der Waals surface area contributed by atoms with E-state index in [-0.39, 0.29) is 0 Å². The van der Waals surface area contributed by atoms with Crippen molar-refractivity contribution < 1.29 is 9.84 Å². The van der Waals surface area contributed by atoms with E-state index in [4.69, 9.17) is 4.74 Å². The van der Waals surface area contributed by atoms with Crippen molar-refractivity contribution in [3.05, 3.63) is 34.2 Å². The topological polar surface area (TPSA) is 68.1 Å². The van der Waals surface area contributed by atoms with Crippen LogP contribution in [-0.4, -0.2) is 27.2 Å². The molecule has 0 bridgehead atoms. The predicted octanol–water partition coefficient (Wildman–Crippen LogP) is 1.53. The van der Waals surface area contributed by atoms with Crippen LogP contribution in [0, 0.1) is 6.92 Å². The number of ether oxygens (including phenoxy) is 1. The van der Waals surface area contributed by atoms with Crippen molar-refractivity contribution in [1.29, 1.82) is 0 Å². The quantitative estimate of drug-likeness (QED) is 0.892. The molecule has 2 rings (SSSR count). The smallest absolute Gasteiger partial charge is 0.238 e. The first kappa shape index (κ1) is 11.9. The van der Waals surface area contributed by atoms with Gasteiger partial charge in [-0.25, -0.2) is 9.97 Å². The number of nitrogens with zero attached hydrogens (tertiary/aromatic N) is 3. The highest BCUT2D eigenvalue weighted by atomic mass is 32.1. The van der Waals surface area contributed by atoms with Crippen LogP contribution in [0.3, 0.4) is 0 Å². The molecule has 0 fully saturated rings. The third-order valence-electron chi connectivity index (χ3n) is 2.27. The van der Waals surface area contributed by atoms with Gasteiger partial charge in [0.2, 0.25) is 5.88 Å². The van der Waals surface area contributed by atoms with E-state index < -0.39 is 6.10 Å². The molecule has 17 heavy (non-hydrogen) atoms. The van der Waals surface area contributed by atoms with Crippen LogP contribution in [0.4, 0.5) is 0 Å². The van der Waals surface area contributed by atoms with E-state index in [1.165, 1.54) is 19.5 Å². The van der Waals surface area contributed by atoms with E-state index in [0.29, 0.717) is 18.0 Å². The maximum absolute atomic E-state index is 10.1. The first-order valence-electron chi connectivity index (χ1n) is 5.14. The van der Waals surface area contributed by atoms with Crippen molar-refractivity contribution in [2.75, 3.05) is 7.11 Å². The molecule has 0 spiro atoms. The second-order valence-corrected chi connectivity index (χ2v) is 4.59. The van der Waals surface area contributed by atoms with Crippen LogP contribution in [0.1, 0.15) is 22.5 Å². The summed E-state index contributed by atoms with van der Waals surface area (Å²) in [5, 5.41) is 13.0. The van der Waals surface area contributed by atoms with Crippen molar-refractivity contribution in [3.8, 4) is 5.88 Å². The molecule has 1 atom stereocenters. The molecule has 0 aliphatic heterocycles. The zero-order valence-corrected chi connectivity index (χ0v) is 10.4. The molecule has 0 aliphatic carbocycles. The lowest BCUT2D eigenvalue weighted by Crippen LogP contribution is -2.07. The Balaban J connectivity index is 2.16. The summed E-state index contributed by atoms with van der Waals surface area (Å²) in [6.45, 7) is 1.93. The largest absolute Gasteiger partial charge is 0.480 e. The molecule has 0 radical (unpaired) electrons. The highest BCUT2D eigenvalue weighted by Gasteiger charge is 2.17. The number of hydrogen-bond donors (Lipinski definition) is 1. The third-order valence-corrected chi connectivity index (χ3v) is 3.09. The molecule has 5 nitrogen and oxygen atoms in total. The number of thiazole rings is 1. The lowest BCUT2D eigenvalue weighted by atomic mass is 10.1. The Labute approximate surface area is 103 Å². The first-order valence-corrected chi connectivity index (χ1v) is 6.02. The van der Waals surface area contributed by atoms with Crippen LogP contribution in [0.25, 0.3) is 0 Å². The minimum absolute atomic E-state index is 0.354. The van der Waals surface area contributed by atoms with Gasteiger partial charge in [-0.05, 0) is 6.92 Å².